The van der Waals surface area contributed by atoms with Crippen molar-refractivity contribution in [2.45, 2.75) is 19.5 Å². The van der Waals surface area contributed by atoms with Gasteiger partial charge in [0.15, 0.2) is 5.96 Å². The number of carbonyl (C=O) groups excluding carboxylic acids is 1. The van der Waals surface area contributed by atoms with Gasteiger partial charge in [-0.25, -0.2) is 4.99 Å². The molecule has 1 amide bonds. The van der Waals surface area contributed by atoms with Crippen molar-refractivity contribution in [1.29, 1.82) is 0 Å². The van der Waals surface area contributed by atoms with E-state index in [9.17, 15) is 4.79 Å². The van der Waals surface area contributed by atoms with Crippen LogP contribution in [-0.2, 0) is 11.3 Å². The first-order valence-electron chi connectivity index (χ1n) is 8.92. The predicted octanol–water partition coefficient (Wildman–Crippen LogP) is 2.58. The Bertz CT molecular complexity index is 760. The maximum Gasteiger partial charge on any atom is 0.241 e. The van der Waals surface area contributed by atoms with E-state index in [4.69, 9.17) is 4.74 Å². The van der Waals surface area contributed by atoms with Gasteiger partial charge in [-0.05, 0) is 30.2 Å². The zero-order valence-corrected chi connectivity index (χ0v) is 16.4. The number of carbonyl (C=O) groups is 1. The van der Waals surface area contributed by atoms with Gasteiger partial charge in [-0.3, -0.25) is 4.79 Å². The van der Waals surface area contributed by atoms with Crippen molar-refractivity contribution in [3.05, 3.63) is 65.7 Å². The third-order valence-electron chi connectivity index (χ3n) is 4.11. The minimum Gasteiger partial charge on any atom is -0.497 e. The second kappa shape index (κ2) is 10.2. The lowest BCUT2D eigenvalue weighted by atomic mass is 10.1. The largest absolute Gasteiger partial charge is 0.497 e. The quantitative estimate of drug-likeness (QED) is 0.582. The van der Waals surface area contributed by atoms with E-state index in [1.165, 1.54) is 0 Å². The lowest BCUT2D eigenvalue weighted by Crippen LogP contribution is -2.43. The molecule has 0 spiro atoms. The van der Waals surface area contributed by atoms with Crippen LogP contribution in [0.3, 0.4) is 0 Å². The van der Waals surface area contributed by atoms with Crippen LogP contribution < -0.4 is 15.4 Å². The normalized spacial score (nSPS) is 12.2. The number of aliphatic imine (C=N–C) groups is 1. The van der Waals surface area contributed by atoms with E-state index in [1.54, 1.807) is 26.1 Å². The van der Waals surface area contributed by atoms with Crippen LogP contribution in [0.5, 0.6) is 5.75 Å². The average molecular weight is 368 g/mol. The Morgan fingerprint density at radius 2 is 1.89 bits per heavy atom. The average Bonchev–Trinajstić information content (AvgIpc) is 2.70. The summed E-state index contributed by atoms with van der Waals surface area (Å²) in [5.74, 6) is 1.37. The van der Waals surface area contributed by atoms with Crippen molar-refractivity contribution in [2.75, 3.05) is 27.7 Å². The Morgan fingerprint density at radius 3 is 2.56 bits per heavy atom. The Labute approximate surface area is 161 Å². The lowest BCUT2D eigenvalue weighted by Gasteiger charge is -2.19. The molecular formula is C21H28N4O2. The number of amides is 1. The third kappa shape index (κ3) is 6.66. The number of nitrogens with one attached hydrogen (secondary N) is 2. The molecule has 0 aromatic heterocycles. The molecule has 0 saturated carbocycles. The first-order valence-corrected chi connectivity index (χ1v) is 8.92. The molecule has 0 aliphatic rings. The summed E-state index contributed by atoms with van der Waals surface area (Å²) >= 11 is 0. The molecule has 0 heterocycles. The van der Waals surface area contributed by atoms with Crippen molar-refractivity contribution in [1.82, 2.24) is 15.5 Å². The summed E-state index contributed by atoms with van der Waals surface area (Å²) in [4.78, 5) is 18.1. The highest BCUT2D eigenvalue weighted by Gasteiger charge is 2.10. The van der Waals surface area contributed by atoms with E-state index in [2.05, 4.69) is 34.7 Å². The number of benzene rings is 2. The minimum atomic E-state index is -0.0155. The predicted molar refractivity (Wildman–Crippen MR) is 109 cm³/mol. The minimum absolute atomic E-state index is 0.0155. The second-order valence-electron chi connectivity index (χ2n) is 6.43. The molecule has 0 bridgehead atoms. The number of hydrogen-bond donors (Lipinski definition) is 2. The van der Waals surface area contributed by atoms with Gasteiger partial charge in [0.25, 0.3) is 0 Å². The molecule has 1 unspecified atom stereocenters. The van der Waals surface area contributed by atoms with Crippen LogP contribution in [0.4, 0.5) is 0 Å². The zero-order chi connectivity index (χ0) is 19.6. The molecule has 6 nitrogen and oxygen atoms in total. The van der Waals surface area contributed by atoms with Crippen molar-refractivity contribution in [3.63, 3.8) is 0 Å². The standard InChI is InChI=1S/C21H28N4O2/c1-16(18-10-6-5-7-11-18)24-21(23-15-20(26)25(2)3)22-14-17-9-8-12-19(13-17)27-4/h5-13,16H,14-15H2,1-4H3,(H2,22,23,24). The number of guanidine groups is 1. The first-order chi connectivity index (χ1) is 13.0. The number of likely N-dealkylation sites (N-methyl/N-ethyl adjacent to an activating group) is 1. The Hall–Kier alpha value is -3.02. The molecule has 0 radical (unpaired) electrons. The van der Waals surface area contributed by atoms with Gasteiger partial charge in [0.2, 0.25) is 5.91 Å². The number of rotatable bonds is 7. The summed E-state index contributed by atoms with van der Waals surface area (Å²) in [5.41, 5.74) is 2.18. The maximum absolute atomic E-state index is 11.9. The van der Waals surface area contributed by atoms with Gasteiger partial charge in [-0.1, -0.05) is 42.5 Å². The Kier molecular flexibility index (Phi) is 7.67. The summed E-state index contributed by atoms with van der Waals surface area (Å²) in [6.45, 7) is 2.72. The van der Waals surface area contributed by atoms with Gasteiger partial charge < -0.3 is 20.3 Å². The van der Waals surface area contributed by atoms with E-state index < -0.39 is 0 Å². The van der Waals surface area contributed by atoms with Gasteiger partial charge in [0.1, 0.15) is 5.75 Å². The monoisotopic (exact) mass is 368 g/mol. The molecule has 144 valence electrons. The van der Waals surface area contributed by atoms with Crippen LogP contribution in [0.25, 0.3) is 0 Å². The van der Waals surface area contributed by atoms with Crippen molar-refractivity contribution < 1.29 is 9.53 Å². The molecule has 1 atom stereocenters. The fraction of sp³-hybridized carbons (Fsp3) is 0.333. The van der Waals surface area contributed by atoms with Crippen molar-refractivity contribution in [2.24, 2.45) is 4.99 Å². The molecule has 0 saturated heterocycles. The van der Waals surface area contributed by atoms with Crippen LogP contribution in [0.15, 0.2) is 59.6 Å². The van der Waals surface area contributed by atoms with Gasteiger partial charge in [-0.2, -0.15) is 0 Å². The molecule has 0 aliphatic carbocycles. The second-order valence-corrected chi connectivity index (χ2v) is 6.43. The van der Waals surface area contributed by atoms with Crippen LogP contribution in [0.2, 0.25) is 0 Å². The molecule has 2 aromatic rings. The third-order valence-corrected chi connectivity index (χ3v) is 4.11. The van der Waals surface area contributed by atoms with E-state index in [1.807, 2.05) is 42.5 Å². The summed E-state index contributed by atoms with van der Waals surface area (Å²) in [7, 11) is 5.11. The van der Waals surface area contributed by atoms with Crippen molar-refractivity contribution >= 4 is 11.9 Å². The molecule has 2 aromatic carbocycles. The van der Waals surface area contributed by atoms with E-state index >= 15 is 0 Å². The highest BCUT2D eigenvalue weighted by atomic mass is 16.5. The smallest absolute Gasteiger partial charge is 0.241 e. The highest BCUT2D eigenvalue weighted by molar-refractivity contribution is 5.86. The van der Waals surface area contributed by atoms with E-state index in [-0.39, 0.29) is 18.5 Å². The van der Waals surface area contributed by atoms with E-state index in [0.717, 1.165) is 16.9 Å². The number of methoxy groups -OCH3 is 1. The summed E-state index contributed by atoms with van der Waals surface area (Å²) < 4.78 is 5.26. The van der Waals surface area contributed by atoms with Crippen molar-refractivity contribution in [3.8, 4) is 5.75 Å². The molecule has 27 heavy (non-hydrogen) atoms. The Balaban J connectivity index is 2.11. The topological polar surface area (TPSA) is 66.0 Å². The van der Waals surface area contributed by atoms with Gasteiger partial charge in [0.05, 0.1) is 26.2 Å². The molecule has 0 fully saturated rings. The number of ether oxygens (including phenoxy) is 1. The van der Waals surface area contributed by atoms with Gasteiger partial charge in [0, 0.05) is 14.1 Å². The van der Waals surface area contributed by atoms with E-state index in [0.29, 0.717) is 12.5 Å². The van der Waals surface area contributed by atoms with Gasteiger partial charge in [-0.15, -0.1) is 0 Å². The van der Waals surface area contributed by atoms with Crippen LogP contribution in [0.1, 0.15) is 24.1 Å². The lowest BCUT2D eigenvalue weighted by molar-refractivity contribution is -0.127. The fourth-order valence-electron chi connectivity index (χ4n) is 2.44. The summed E-state index contributed by atoms with van der Waals surface area (Å²) in [6.07, 6.45) is 0. The molecule has 2 rings (SSSR count). The SMILES string of the molecule is COc1cccc(CN=C(NCC(=O)N(C)C)NC(C)c2ccccc2)c1. The Morgan fingerprint density at radius 1 is 1.15 bits per heavy atom. The highest BCUT2D eigenvalue weighted by Crippen LogP contribution is 2.14. The molecule has 6 heteroatoms. The first kappa shape index (κ1) is 20.3. The summed E-state index contributed by atoms with van der Waals surface area (Å²) in [6, 6.07) is 17.9. The molecular weight excluding hydrogens is 340 g/mol. The maximum atomic E-state index is 11.9. The van der Waals surface area contributed by atoms with Crippen LogP contribution >= 0.6 is 0 Å². The molecule has 0 aliphatic heterocycles. The van der Waals surface area contributed by atoms with Gasteiger partial charge >= 0.3 is 0 Å². The zero-order valence-electron chi connectivity index (χ0n) is 16.4. The number of nitrogens with zero attached hydrogens (tertiary/aromatic N) is 2. The van der Waals surface area contributed by atoms with Crippen LogP contribution in [0, 0.1) is 0 Å². The summed E-state index contributed by atoms with van der Waals surface area (Å²) in [5, 5.41) is 6.48. The molecule has 2 N–H and O–H groups in total. The number of hydrogen-bond acceptors (Lipinski definition) is 3. The fourth-order valence-corrected chi connectivity index (χ4v) is 2.44. The van der Waals surface area contributed by atoms with Crippen LogP contribution in [-0.4, -0.2) is 44.5 Å².